The Bertz CT molecular complexity index is 944. The number of likely N-dealkylation sites (N-methyl/N-ethyl adjacent to an activating group) is 2. The summed E-state index contributed by atoms with van der Waals surface area (Å²) >= 11 is 1.50. The zero-order chi connectivity index (χ0) is 19.8. The summed E-state index contributed by atoms with van der Waals surface area (Å²) in [5.41, 5.74) is 0.867. The van der Waals surface area contributed by atoms with Crippen LogP contribution in [-0.4, -0.2) is 81.7 Å². The van der Waals surface area contributed by atoms with E-state index in [0.29, 0.717) is 5.82 Å². The summed E-state index contributed by atoms with van der Waals surface area (Å²) < 4.78 is 0. The Morgan fingerprint density at radius 3 is 2.75 bits per heavy atom. The number of amides is 4. The Labute approximate surface area is 164 Å². The van der Waals surface area contributed by atoms with Crippen LogP contribution in [0.5, 0.6) is 0 Å². The molecule has 2 aliphatic heterocycles. The van der Waals surface area contributed by atoms with Crippen molar-refractivity contribution in [3.05, 3.63) is 29.9 Å². The molecular weight excluding hydrogens is 382 g/mol. The van der Waals surface area contributed by atoms with Crippen LogP contribution in [0, 0.1) is 0 Å². The number of aromatic nitrogens is 2. The Morgan fingerprint density at radius 1 is 1.25 bits per heavy atom. The fourth-order valence-electron chi connectivity index (χ4n) is 3.15. The number of nitrogens with one attached hydrogen (secondary N) is 1. The number of thiazole rings is 1. The van der Waals surface area contributed by atoms with E-state index in [0.717, 1.165) is 15.5 Å². The molecule has 2 aliphatic rings. The maximum absolute atomic E-state index is 12.5. The molecule has 1 fully saturated rings. The van der Waals surface area contributed by atoms with Crippen LogP contribution in [0.2, 0.25) is 0 Å². The van der Waals surface area contributed by atoms with Gasteiger partial charge in [-0.3, -0.25) is 14.5 Å². The Balaban J connectivity index is 1.41. The maximum Gasteiger partial charge on any atom is 0.328 e. The molecule has 1 N–H and O–H groups in total. The van der Waals surface area contributed by atoms with E-state index in [-0.39, 0.29) is 18.4 Å². The normalized spacial score (nSPS) is 21.3. The summed E-state index contributed by atoms with van der Waals surface area (Å²) in [6, 6.07) is 2.40. The van der Waals surface area contributed by atoms with E-state index < -0.39 is 18.2 Å². The van der Waals surface area contributed by atoms with Crippen molar-refractivity contribution in [2.45, 2.75) is 12.2 Å². The summed E-state index contributed by atoms with van der Waals surface area (Å²) in [6.45, 7) is -0.0812. The van der Waals surface area contributed by atoms with E-state index in [1.54, 1.807) is 25.5 Å². The second-order valence-corrected chi connectivity index (χ2v) is 7.30. The molecule has 4 amide bonds. The summed E-state index contributed by atoms with van der Waals surface area (Å²) in [5, 5.41) is 5.44. The van der Waals surface area contributed by atoms with Gasteiger partial charge in [-0.15, -0.1) is 11.3 Å². The number of nitrogens with zero attached hydrogens (tertiary/aromatic N) is 6. The SMILES string of the molecule is CN1C(=O)C2C(N=CN2CC(=O)Nc2ccc(-c3nccs3)cn2)N(C)C1=O. The van der Waals surface area contributed by atoms with Gasteiger partial charge in [0.1, 0.15) is 10.8 Å². The largest absolute Gasteiger partial charge is 0.338 e. The highest BCUT2D eigenvalue weighted by Crippen LogP contribution is 2.24. The molecule has 11 heteroatoms. The molecule has 2 atom stereocenters. The van der Waals surface area contributed by atoms with Crippen molar-refractivity contribution in [1.82, 2.24) is 24.7 Å². The number of hydrogen-bond donors (Lipinski definition) is 1. The van der Waals surface area contributed by atoms with Crippen molar-refractivity contribution < 1.29 is 14.4 Å². The lowest BCUT2D eigenvalue weighted by atomic mass is 10.1. The third-order valence-electron chi connectivity index (χ3n) is 4.61. The van der Waals surface area contributed by atoms with Crippen LogP contribution in [0.1, 0.15) is 0 Å². The lowest BCUT2D eigenvalue weighted by Gasteiger charge is -2.39. The molecular formula is C17H17N7O3S. The van der Waals surface area contributed by atoms with Gasteiger partial charge in [0.2, 0.25) is 5.91 Å². The van der Waals surface area contributed by atoms with Gasteiger partial charge in [0.15, 0.2) is 12.2 Å². The van der Waals surface area contributed by atoms with E-state index in [1.165, 1.54) is 34.5 Å². The van der Waals surface area contributed by atoms with E-state index in [9.17, 15) is 14.4 Å². The topological polar surface area (TPSA) is 111 Å². The van der Waals surface area contributed by atoms with Crippen molar-refractivity contribution >= 4 is 41.3 Å². The monoisotopic (exact) mass is 399 g/mol. The minimum Gasteiger partial charge on any atom is -0.338 e. The van der Waals surface area contributed by atoms with Gasteiger partial charge in [-0.1, -0.05) is 0 Å². The fraction of sp³-hybridized carbons (Fsp3) is 0.294. The number of carbonyl (C=O) groups excluding carboxylic acids is 3. The van der Waals surface area contributed by atoms with Crippen LogP contribution in [-0.2, 0) is 9.59 Å². The van der Waals surface area contributed by atoms with E-state index >= 15 is 0 Å². The molecule has 0 saturated carbocycles. The molecule has 4 rings (SSSR count). The third kappa shape index (κ3) is 3.09. The molecule has 0 aliphatic carbocycles. The smallest absolute Gasteiger partial charge is 0.328 e. The predicted octanol–water partition coefficient (Wildman–Crippen LogP) is 0.706. The molecule has 2 unspecified atom stereocenters. The van der Waals surface area contributed by atoms with E-state index in [2.05, 4.69) is 20.3 Å². The van der Waals surface area contributed by atoms with Gasteiger partial charge in [-0.25, -0.2) is 19.8 Å². The molecule has 0 bridgehead atoms. The van der Waals surface area contributed by atoms with Crippen LogP contribution >= 0.6 is 11.3 Å². The van der Waals surface area contributed by atoms with Gasteiger partial charge in [0, 0.05) is 37.4 Å². The van der Waals surface area contributed by atoms with Crippen molar-refractivity contribution in [1.29, 1.82) is 0 Å². The van der Waals surface area contributed by atoms with Gasteiger partial charge in [-0.2, -0.15) is 0 Å². The fourth-order valence-corrected chi connectivity index (χ4v) is 3.78. The number of fused-ring (bicyclic) bond motifs is 1. The van der Waals surface area contributed by atoms with Crippen molar-refractivity contribution in [3.63, 3.8) is 0 Å². The third-order valence-corrected chi connectivity index (χ3v) is 5.44. The van der Waals surface area contributed by atoms with Crippen molar-refractivity contribution in [3.8, 4) is 10.6 Å². The summed E-state index contributed by atoms with van der Waals surface area (Å²) in [5.74, 6) is -0.321. The first-order chi connectivity index (χ1) is 13.5. The lowest BCUT2D eigenvalue weighted by Crippen LogP contribution is -2.64. The zero-order valence-electron chi connectivity index (χ0n) is 15.1. The maximum atomic E-state index is 12.5. The standard InChI is InChI=1S/C17H17N7O3S/c1-22-14-13(16(26)23(2)17(22)27)24(9-20-14)8-12(25)21-11-4-3-10(7-19-11)15-18-5-6-28-15/h3-7,9,13-14H,8H2,1-2H3,(H,19,21,25). The molecule has 0 aromatic carbocycles. The van der Waals surface area contributed by atoms with Gasteiger partial charge in [-0.05, 0) is 12.1 Å². The highest BCUT2D eigenvalue weighted by atomic mass is 32.1. The van der Waals surface area contributed by atoms with Crippen molar-refractivity contribution in [2.75, 3.05) is 26.0 Å². The minimum absolute atomic E-state index is 0.0812. The number of rotatable bonds is 4. The Morgan fingerprint density at radius 2 is 2.07 bits per heavy atom. The Kier molecular flexibility index (Phi) is 4.51. The number of pyridine rings is 1. The summed E-state index contributed by atoms with van der Waals surface area (Å²) in [6.07, 6.45) is 4.17. The molecule has 10 nitrogen and oxygen atoms in total. The number of anilines is 1. The van der Waals surface area contributed by atoms with Gasteiger partial charge in [0.25, 0.3) is 5.91 Å². The average molecular weight is 399 g/mol. The number of carbonyl (C=O) groups is 3. The second-order valence-electron chi connectivity index (χ2n) is 6.40. The molecule has 0 radical (unpaired) electrons. The first-order valence-electron chi connectivity index (χ1n) is 8.45. The molecule has 144 valence electrons. The molecule has 0 spiro atoms. The molecule has 28 heavy (non-hydrogen) atoms. The van der Waals surface area contributed by atoms with E-state index in [4.69, 9.17) is 0 Å². The highest BCUT2D eigenvalue weighted by molar-refractivity contribution is 7.13. The van der Waals surface area contributed by atoms with Crippen LogP contribution in [0.4, 0.5) is 10.6 Å². The molecule has 2 aromatic heterocycles. The van der Waals surface area contributed by atoms with Crippen LogP contribution < -0.4 is 5.32 Å². The first kappa shape index (κ1) is 18.0. The number of aliphatic imine (C=N–C) groups is 1. The average Bonchev–Trinajstić information content (AvgIpc) is 3.35. The van der Waals surface area contributed by atoms with Crippen LogP contribution in [0.15, 0.2) is 34.9 Å². The second kappa shape index (κ2) is 7.00. The van der Waals surface area contributed by atoms with Crippen molar-refractivity contribution in [2.24, 2.45) is 4.99 Å². The molecule has 2 aromatic rings. The van der Waals surface area contributed by atoms with E-state index in [1.807, 2.05) is 11.4 Å². The molecule has 4 heterocycles. The number of imide groups is 1. The van der Waals surface area contributed by atoms with Gasteiger partial charge < -0.3 is 15.1 Å². The quantitative estimate of drug-likeness (QED) is 0.810. The molecule has 1 saturated heterocycles. The highest BCUT2D eigenvalue weighted by Gasteiger charge is 2.48. The zero-order valence-corrected chi connectivity index (χ0v) is 16.0. The first-order valence-corrected chi connectivity index (χ1v) is 9.33. The number of urea groups is 1. The van der Waals surface area contributed by atoms with Gasteiger partial charge in [0.05, 0.1) is 12.9 Å². The predicted molar refractivity (Wildman–Crippen MR) is 103 cm³/mol. The van der Waals surface area contributed by atoms with Crippen LogP contribution in [0.3, 0.4) is 0 Å². The summed E-state index contributed by atoms with van der Waals surface area (Å²) in [4.78, 5) is 53.5. The summed E-state index contributed by atoms with van der Waals surface area (Å²) in [7, 11) is 3.00. The van der Waals surface area contributed by atoms with Crippen LogP contribution in [0.25, 0.3) is 10.6 Å². The minimum atomic E-state index is -0.710. The lowest BCUT2D eigenvalue weighted by molar-refractivity contribution is -0.136. The number of hydrogen-bond acceptors (Lipinski definition) is 8. The Hall–Kier alpha value is -3.34. The van der Waals surface area contributed by atoms with Gasteiger partial charge >= 0.3 is 6.03 Å².